The van der Waals surface area contributed by atoms with Gasteiger partial charge in [0.05, 0.1) is 0 Å². The minimum absolute atomic E-state index is 0. The lowest BCUT2D eigenvalue weighted by molar-refractivity contribution is 0.742. The predicted molar refractivity (Wildman–Crippen MR) is 138 cm³/mol. The van der Waals surface area contributed by atoms with E-state index >= 15 is 0 Å². The molecule has 0 aliphatic rings. The number of H-pyrrole nitrogens is 1. The zero-order valence-electron chi connectivity index (χ0n) is 18.2. The molecule has 1 aromatic carbocycles. The molecule has 0 saturated carbocycles. The highest BCUT2D eigenvalue weighted by Crippen LogP contribution is 2.21. The molecule has 0 bridgehead atoms. The second kappa shape index (κ2) is 12.2. The molecule has 30 heavy (non-hydrogen) atoms. The van der Waals surface area contributed by atoms with Crippen LogP contribution in [0.4, 0.5) is 0 Å². The highest BCUT2D eigenvalue weighted by Gasteiger charge is 2.09. The van der Waals surface area contributed by atoms with Gasteiger partial charge in [-0.05, 0) is 50.3 Å². The van der Waals surface area contributed by atoms with E-state index in [1.807, 2.05) is 30.3 Å². The van der Waals surface area contributed by atoms with Crippen LogP contribution in [0.5, 0.6) is 0 Å². The minimum atomic E-state index is 0. The van der Waals surface area contributed by atoms with E-state index in [1.54, 1.807) is 0 Å². The van der Waals surface area contributed by atoms with E-state index in [4.69, 9.17) is 4.99 Å². The number of aromatic nitrogens is 4. The molecule has 0 unspecified atom stereocenters. The van der Waals surface area contributed by atoms with Gasteiger partial charge in [-0.15, -0.1) is 34.2 Å². The molecule has 3 aromatic rings. The molecule has 0 atom stereocenters. The van der Waals surface area contributed by atoms with Crippen molar-refractivity contribution in [2.45, 2.75) is 33.2 Å². The third-order valence-corrected chi connectivity index (χ3v) is 5.77. The number of guanidine groups is 1. The van der Waals surface area contributed by atoms with Gasteiger partial charge in [0, 0.05) is 36.7 Å². The summed E-state index contributed by atoms with van der Waals surface area (Å²) >= 11 is 1.86. The molecule has 3 N–H and O–H groups in total. The van der Waals surface area contributed by atoms with Crippen LogP contribution in [-0.2, 0) is 20.0 Å². The smallest absolute Gasteiger partial charge is 0.191 e. The van der Waals surface area contributed by atoms with E-state index in [0.717, 1.165) is 49.3 Å². The fourth-order valence-electron chi connectivity index (χ4n) is 3.30. The van der Waals surface area contributed by atoms with Crippen molar-refractivity contribution in [2.75, 3.05) is 25.1 Å². The average molecular weight is 542 g/mol. The van der Waals surface area contributed by atoms with E-state index < -0.39 is 0 Å². The monoisotopic (exact) mass is 541 g/mol. The van der Waals surface area contributed by atoms with Crippen LogP contribution in [0.15, 0.2) is 29.3 Å². The molecule has 2 aromatic heterocycles. The van der Waals surface area contributed by atoms with E-state index in [1.165, 1.54) is 22.2 Å². The van der Waals surface area contributed by atoms with Gasteiger partial charge in [-0.2, -0.15) is 11.8 Å². The fraction of sp³-hybridized carbons (Fsp3) is 0.476. The molecular formula is C21H32IN7S. The zero-order valence-corrected chi connectivity index (χ0v) is 21.3. The summed E-state index contributed by atoms with van der Waals surface area (Å²) in [6.07, 6.45) is 4.17. The number of nitrogens with zero attached hydrogens (tertiary/aromatic N) is 4. The number of aromatic amines is 1. The van der Waals surface area contributed by atoms with Crippen LogP contribution in [-0.4, -0.2) is 50.8 Å². The van der Waals surface area contributed by atoms with E-state index in [9.17, 15) is 0 Å². The lowest BCUT2D eigenvalue weighted by Crippen LogP contribution is -2.39. The molecule has 0 fully saturated rings. The zero-order chi connectivity index (χ0) is 20.6. The number of hydrogen-bond acceptors (Lipinski definition) is 4. The fourth-order valence-corrected chi connectivity index (χ4v) is 3.73. The first-order valence-corrected chi connectivity index (χ1v) is 11.4. The summed E-state index contributed by atoms with van der Waals surface area (Å²) in [5.74, 6) is 3.72. The Balaban J connectivity index is 0.00000320. The van der Waals surface area contributed by atoms with Crippen LogP contribution < -0.4 is 10.6 Å². The Hall–Kier alpha value is -1.75. The van der Waals surface area contributed by atoms with Crippen molar-refractivity contribution in [2.24, 2.45) is 12.0 Å². The largest absolute Gasteiger partial charge is 0.358 e. The molecule has 3 rings (SSSR count). The molecule has 7 nitrogen and oxygen atoms in total. The number of aryl methyl sites for hydroxylation is 2. The SMILES string of the molecule is CSCCCNC(=NCc1nnc(C)n1C)NCCc1c(C)[nH]c2ccccc12.I. The van der Waals surface area contributed by atoms with Gasteiger partial charge in [-0.3, -0.25) is 0 Å². The van der Waals surface area contributed by atoms with Crippen LogP contribution in [0, 0.1) is 13.8 Å². The van der Waals surface area contributed by atoms with Crippen molar-refractivity contribution in [3.8, 4) is 0 Å². The van der Waals surface area contributed by atoms with Crippen LogP contribution in [0.25, 0.3) is 10.9 Å². The second-order valence-electron chi connectivity index (χ2n) is 7.11. The third kappa shape index (κ3) is 6.37. The van der Waals surface area contributed by atoms with Gasteiger partial charge in [0.25, 0.3) is 0 Å². The summed E-state index contributed by atoms with van der Waals surface area (Å²) in [6.45, 7) is 6.30. The first kappa shape index (κ1) is 24.5. The number of aliphatic imine (C=N–C) groups is 1. The summed E-state index contributed by atoms with van der Waals surface area (Å²) in [6, 6.07) is 8.47. The lowest BCUT2D eigenvalue weighted by Gasteiger charge is -2.13. The van der Waals surface area contributed by atoms with Crippen LogP contribution in [0.1, 0.15) is 29.3 Å². The molecule has 9 heteroatoms. The second-order valence-corrected chi connectivity index (χ2v) is 8.10. The van der Waals surface area contributed by atoms with Crippen molar-refractivity contribution in [1.29, 1.82) is 0 Å². The maximum atomic E-state index is 4.73. The van der Waals surface area contributed by atoms with Gasteiger partial charge in [0.15, 0.2) is 11.8 Å². The Labute approximate surface area is 199 Å². The average Bonchev–Trinajstić information content (AvgIpc) is 3.21. The van der Waals surface area contributed by atoms with Crippen LogP contribution in [0.3, 0.4) is 0 Å². The molecule has 164 valence electrons. The summed E-state index contributed by atoms with van der Waals surface area (Å²) in [5.41, 5.74) is 3.79. The first-order chi connectivity index (χ1) is 14.1. The number of halogens is 1. The van der Waals surface area contributed by atoms with Gasteiger partial charge in [-0.25, -0.2) is 4.99 Å². The summed E-state index contributed by atoms with van der Waals surface area (Å²) in [7, 11) is 1.97. The van der Waals surface area contributed by atoms with Crippen molar-refractivity contribution in [3.63, 3.8) is 0 Å². The lowest BCUT2D eigenvalue weighted by atomic mass is 10.1. The van der Waals surface area contributed by atoms with Crippen LogP contribution in [0.2, 0.25) is 0 Å². The molecule has 0 spiro atoms. The van der Waals surface area contributed by atoms with Gasteiger partial charge in [0.2, 0.25) is 0 Å². The third-order valence-electron chi connectivity index (χ3n) is 5.07. The van der Waals surface area contributed by atoms with E-state index in [2.05, 4.69) is 63.3 Å². The Morgan fingerprint density at radius 2 is 1.93 bits per heavy atom. The summed E-state index contributed by atoms with van der Waals surface area (Å²) < 4.78 is 1.98. The standard InChI is InChI=1S/C21H31N7S.HI/c1-15-17(18-8-5-6-9-19(18)25-15)10-12-23-21(22-11-7-13-29-4)24-14-20-27-26-16(2)28(20)3;/h5-6,8-9,25H,7,10-14H2,1-4H3,(H2,22,23,24);1H. The van der Waals surface area contributed by atoms with Crippen molar-refractivity contribution in [3.05, 3.63) is 47.2 Å². The molecule has 0 aliphatic carbocycles. The Bertz CT molecular complexity index is 964. The van der Waals surface area contributed by atoms with Crippen molar-refractivity contribution >= 4 is 52.6 Å². The highest BCUT2D eigenvalue weighted by atomic mass is 127. The maximum Gasteiger partial charge on any atom is 0.191 e. The number of fused-ring (bicyclic) bond motifs is 1. The molecular weight excluding hydrogens is 509 g/mol. The Morgan fingerprint density at radius 3 is 2.67 bits per heavy atom. The quantitative estimate of drug-likeness (QED) is 0.167. The van der Waals surface area contributed by atoms with Gasteiger partial charge in [-0.1, -0.05) is 18.2 Å². The number of benzene rings is 1. The van der Waals surface area contributed by atoms with Crippen molar-refractivity contribution < 1.29 is 0 Å². The molecule has 0 saturated heterocycles. The Kier molecular flexibility index (Phi) is 9.96. The van der Waals surface area contributed by atoms with Crippen LogP contribution >= 0.6 is 35.7 Å². The van der Waals surface area contributed by atoms with Gasteiger partial charge >= 0.3 is 0 Å². The number of thioether (sulfide) groups is 1. The normalized spacial score (nSPS) is 11.5. The first-order valence-electron chi connectivity index (χ1n) is 10.0. The maximum absolute atomic E-state index is 4.73. The number of hydrogen-bond donors (Lipinski definition) is 3. The molecule has 0 aliphatic heterocycles. The molecule has 0 radical (unpaired) electrons. The van der Waals surface area contributed by atoms with Gasteiger partial charge < -0.3 is 20.2 Å². The molecule has 0 amide bonds. The number of rotatable bonds is 9. The van der Waals surface area contributed by atoms with Crippen molar-refractivity contribution in [1.82, 2.24) is 30.4 Å². The number of para-hydroxylation sites is 1. The topological polar surface area (TPSA) is 82.9 Å². The number of nitrogens with one attached hydrogen (secondary N) is 3. The molecule has 2 heterocycles. The summed E-state index contributed by atoms with van der Waals surface area (Å²) in [5, 5.41) is 16.5. The van der Waals surface area contributed by atoms with Gasteiger partial charge in [0.1, 0.15) is 12.4 Å². The van der Waals surface area contributed by atoms with E-state index in [-0.39, 0.29) is 24.0 Å². The summed E-state index contributed by atoms with van der Waals surface area (Å²) in [4.78, 5) is 8.20. The van der Waals surface area contributed by atoms with E-state index in [0.29, 0.717) is 6.54 Å². The Morgan fingerprint density at radius 1 is 1.17 bits per heavy atom. The predicted octanol–water partition coefficient (Wildman–Crippen LogP) is 3.56. The minimum Gasteiger partial charge on any atom is -0.358 e. The highest BCUT2D eigenvalue weighted by molar-refractivity contribution is 14.0.